The summed E-state index contributed by atoms with van der Waals surface area (Å²) in [5, 5.41) is 0. The molecule has 0 aliphatic carbocycles. The maximum atomic E-state index is 11.5. The van der Waals surface area contributed by atoms with Gasteiger partial charge in [-0.25, -0.2) is 4.79 Å². The lowest BCUT2D eigenvalue weighted by molar-refractivity contribution is -0.146. The number of ether oxygens (including phenoxy) is 1. The van der Waals surface area contributed by atoms with Crippen molar-refractivity contribution in [2.45, 2.75) is 19.9 Å². The van der Waals surface area contributed by atoms with E-state index >= 15 is 0 Å². The molecule has 0 aromatic carbocycles. The minimum absolute atomic E-state index is 0.119. The Labute approximate surface area is 87.5 Å². The molecule has 0 aliphatic rings. The van der Waals surface area contributed by atoms with Crippen molar-refractivity contribution in [2.24, 2.45) is 0 Å². The highest BCUT2D eigenvalue weighted by Crippen LogP contribution is 2.05. The normalized spacial score (nSPS) is 12.1. The highest BCUT2D eigenvalue weighted by atomic mass is 16.5. The monoisotopic (exact) mass is 210 g/mol. The molecule has 0 saturated heterocycles. The van der Waals surface area contributed by atoms with E-state index in [1.54, 1.807) is 19.9 Å². The molecule has 1 rings (SSSR count). The molecule has 0 bridgehead atoms. The number of esters is 1. The minimum Gasteiger partial charge on any atom is -0.464 e. The van der Waals surface area contributed by atoms with Crippen molar-refractivity contribution >= 4 is 11.7 Å². The van der Waals surface area contributed by atoms with Crippen LogP contribution in [-0.2, 0) is 9.53 Å². The van der Waals surface area contributed by atoms with Gasteiger partial charge in [-0.15, -0.1) is 0 Å². The second kappa shape index (κ2) is 4.63. The predicted molar refractivity (Wildman–Crippen MR) is 56.5 cm³/mol. The van der Waals surface area contributed by atoms with Crippen molar-refractivity contribution in [3.8, 4) is 0 Å². The fourth-order valence-corrected chi connectivity index (χ4v) is 1.21. The number of hydrogen-bond acceptors (Lipinski definition) is 4. The summed E-state index contributed by atoms with van der Waals surface area (Å²) >= 11 is 0. The number of nitrogen functional groups attached to an aromatic ring is 1. The van der Waals surface area contributed by atoms with Crippen LogP contribution in [-0.4, -0.2) is 17.1 Å². The molecule has 0 aliphatic heterocycles. The quantitative estimate of drug-likeness (QED) is 0.739. The summed E-state index contributed by atoms with van der Waals surface area (Å²) in [6, 6.07) is 2.46. The van der Waals surface area contributed by atoms with Crippen LogP contribution in [0.25, 0.3) is 0 Å². The fourth-order valence-electron chi connectivity index (χ4n) is 1.21. The van der Waals surface area contributed by atoms with Crippen LogP contribution in [0.4, 0.5) is 5.69 Å². The third-order valence-corrected chi connectivity index (χ3v) is 2.05. The minimum atomic E-state index is -0.652. The van der Waals surface area contributed by atoms with Gasteiger partial charge in [0.2, 0.25) is 0 Å². The molecular formula is C10H14N2O3. The molecule has 0 amide bonds. The SMILES string of the molecule is CCOC(=O)C(C)n1cccc(N)c1=O. The van der Waals surface area contributed by atoms with Gasteiger partial charge in [0.1, 0.15) is 6.04 Å². The van der Waals surface area contributed by atoms with Gasteiger partial charge >= 0.3 is 5.97 Å². The van der Waals surface area contributed by atoms with Crippen LogP contribution < -0.4 is 11.3 Å². The summed E-state index contributed by atoms with van der Waals surface area (Å²) in [4.78, 5) is 22.9. The average Bonchev–Trinajstić information content (AvgIpc) is 2.21. The molecule has 2 N–H and O–H groups in total. The van der Waals surface area contributed by atoms with Gasteiger partial charge in [-0.1, -0.05) is 0 Å². The van der Waals surface area contributed by atoms with Crippen molar-refractivity contribution < 1.29 is 9.53 Å². The summed E-state index contributed by atoms with van der Waals surface area (Å²) in [6.07, 6.45) is 1.51. The van der Waals surface area contributed by atoms with E-state index in [1.807, 2.05) is 0 Å². The summed E-state index contributed by atoms with van der Waals surface area (Å²) < 4.78 is 6.07. The Balaban J connectivity index is 3.01. The standard InChI is InChI=1S/C10H14N2O3/c1-3-15-10(14)7(2)12-6-4-5-8(11)9(12)13/h4-7H,3,11H2,1-2H3. The summed E-state index contributed by atoms with van der Waals surface area (Å²) in [5.41, 5.74) is 5.19. The fraction of sp³-hybridized carbons (Fsp3) is 0.400. The third kappa shape index (κ3) is 2.37. The topological polar surface area (TPSA) is 74.3 Å². The Morgan fingerprint density at radius 3 is 2.93 bits per heavy atom. The molecule has 5 nitrogen and oxygen atoms in total. The van der Waals surface area contributed by atoms with Gasteiger partial charge in [0.25, 0.3) is 5.56 Å². The van der Waals surface area contributed by atoms with Crippen LogP contribution in [0.3, 0.4) is 0 Å². The van der Waals surface area contributed by atoms with Crippen LogP contribution >= 0.6 is 0 Å². The maximum Gasteiger partial charge on any atom is 0.328 e. The van der Waals surface area contributed by atoms with Crippen molar-refractivity contribution in [2.75, 3.05) is 12.3 Å². The number of pyridine rings is 1. The molecule has 0 fully saturated rings. The molecule has 1 unspecified atom stereocenters. The molecule has 82 valence electrons. The van der Waals surface area contributed by atoms with Gasteiger partial charge in [0.15, 0.2) is 0 Å². The van der Waals surface area contributed by atoms with E-state index in [-0.39, 0.29) is 11.2 Å². The van der Waals surface area contributed by atoms with E-state index in [0.29, 0.717) is 6.61 Å². The Morgan fingerprint density at radius 2 is 2.33 bits per heavy atom. The van der Waals surface area contributed by atoms with E-state index < -0.39 is 12.0 Å². The molecular weight excluding hydrogens is 196 g/mol. The van der Waals surface area contributed by atoms with Gasteiger partial charge in [0, 0.05) is 6.20 Å². The number of aromatic nitrogens is 1. The van der Waals surface area contributed by atoms with Crippen LogP contribution in [0.15, 0.2) is 23.1 Å². The number of nitrogens with two attached hydrogens (primary N) is 1. The van der Waals surface area contributed by atoms with E-state index in [9.17, 15) is 9.59 Å². The Morgan fingerprint density at radius 1 is 1.67 bits per heavy atom. The van der Waals surface area contributed by atoms with E-state index in [0.717, 1.165) is 0 Å². The Hall–Kier alpha value is -1.78. The van der Waals surface area contributed by atoms with Gasteiger partial charge in [0.05, 0.1) is 12.3 Å². The van der Waals surface area contributed by atoms with E-state index in [4.69, 9.17) is 10.5 Å². The zero-order valence-electron chi connectivity index (χ0n) is 8.77. The lowest BCUT2D eigenvalue weighted by Crippen LogP contribution is -2.30. The second-order valence-corrected chi connectivity index (χ2v) is 3.10. The molecule has 0 radical (unpaired) electrons. The highest BCUT2D eigenvalue weighted by Gasteiger charge is 2.17. The van der Waals surface area contributed by atoms with Crippen molar-refractivity contribution in [3.63, 3.8) is 0 Å². The molecule has 5 heteroatoms. The lowest BCUT2D eigenvalue weighted by Gasteiger charge is -2.13. The Kier molecular flexibility index (Phi) is 3.49. The number of carbonyl (C=O) groups is 1. The number of carbonyl (C=O) groups excluding carboxylic acids is 1. The summed E-state index contributed by atoms with van der Waals surface area (Å²) in [6.45, 7) is 3.60. The molecule has 1 aromatic heterocycles. The number of rotatable bonds is 3. The largest absolute Gasteiger partial charge is 0.464 e. The van der Waals surface area contributed by atoms with Crippen LogP contribution in [0, 0.1) is 0 Å². The van der Waals surface area contributed by atoms with Gasteiger partial charge < -0.3 is 10.5 Å². The van der Waals surface area contributed by atoms with Crippen molar-refractivity contribution in [1.82, 2.24) is 4.57 Å². The molecule has 1 aromatic rings. The molecule has 1 heterocycles. The molecule has 0 saturated carbocycles. The average molecular weight is 210 g/mol. The summed E-state index contributed by atoms with van der Waals surface area (Å²) in [5.74, 6) is -0.440. The first kappa shape index (κ1) is 11.3. The van der Waals surface area contributed by atoms with E-state index in [1.165, 1.54) is 16.8 Å². The van der Waals surface area contributed by atoms with Gasteiger partial charge in [-0.2, -0.15) is 0 Å². The van der Waals surface area contributed by atoms with E-state index in [2.05, 4.69) is 0 Å². The Bertz CT molecular complexity index is 411. The summed E-state index contributed by atoms with van der Waals surface area (Å²) in [7, 11) is 0. The number of nitrogens with zero attached hydrogens (tertiary/aromatic N) is 1. The third-order valence-electron chi connectivity index (χ3n) is 2.05. The lowest BCUT2D eigenvalue weighted by atomic mass is 10.3. The van der Waals surface area contributed by atoms with Crippen LogP contribution in [0.5, 0.6) is 0 Å². The predicted octanol–water partition coefficient (Wildman–Crippen LogP) is 0.555. The first-order chi connectivity index (χ1) is 7.07. The van der Waals surface area contributed by atoms with Crippen molar-refractivity contribution in [3.05, 3.63) is 28.7 Å². The zero-order chi connectivity index (χ0) is 11.4. The molecule has 15 heavy (non-hydrogen) atoms. The smallest absolute Gasteiger partial charge is 0.328 e. The highest BCUT2D eigenvalue weighted by molar-refractivity contribution is 5.73. The first-order valence-electron chi connectivity index (χ1n) is 4.71. The van der Waals surface area contributed by atoms with Crippen LogP contribution in [0.1, 0.15) is 19.9 Å². The van der Waals surface area contributed by atoms with Gasteiger partial charge in [-0.05, 0) is 26.0 Å². The second-order valence-electron chi connectivity index (χ2n) is 3.10. The zero-order valence-corrected chi connectivity index (χ0v) is 8.77. The maximum absolute atomic E-state index is 11.5. The molecule has 1 atom stereocenters. The first-order valence-corrected chi connectivity index (χ1v) is 4.71. The number of anilines is 1. The molecule has 0 spiro atoms. The van der Waals surface area contributed by atoms with Crippen LogP contribution in [0.2, 0.25) is 0 Å². The van der Waals surface area contributed by atoms with Gasteiger partial charge in [-0.3, -0.25) is 9.36 Å². The van der Waals surface area contributed by atoms with Crippen molar-refractivity contribution in [1.29, 1.82) is 0 Å². The number of hydrogen-bond donors (Lipinski definition) is 1.